The normalized spacial score (nSPS) is 16.8. The summed E-state index contributed by atoms with van der Waals surface area (Å²) in [6.45, 7) is 5.67. The van der Waals surface area contributed by atoms with E-state index in [-0.39, 0.29) is 5.91 Å². The van der Waals surface area contributed by atoms with Crippen LogP contribution in [0.3, 0.4) is 0 Å². The van der Waals surface area contributed by atoms with Crippen molar-refractivity contribution in [2.75, 3.05) is 33.3 Å². The lowest BCUT2D eigenvalue weighted by Crippen LogP contribution is -2.46. The van der Waals surface area contributed by atoms with E-state index < -0.39 is 0 Å². The lowest BCUT2D eigenvalue weighted by atomic mass is 9.95. The maximum absolute atomic E-state index is 12.1. The third-order valence-electron chi connectivity index (χ3n) is 3.92. The molecule has 1 heterocycles. The van der Waals surface area contributed by atoms with Crippen LogP contribution in [0.2, 0.25) is 0 Å². The lowest BCUT2D eigenvalue weighted by Gasteiger charge is -2.27. The molecule has 110 valence electrons. The average molecular weight is 276 g/mol. The number of amides is 1. The molecule has 1 fully saturated rings. The van der Waals surface area contributed by atoms with Gasteiger partial charge >= 0.3 is 0 Å². The van der Waals surface area contributed by atoms with Crippen LogP contribution in [0.1, 0.15) is 31.2 Å². The maximum Gasteiger partial charge on any atom is 0.222 e. The summed E-state index contributed by atoms with van der Waals surface area (Å²) in [6, 6.07) is 8.10. The number of carbonyl (C=O) groups is 1. The Morgan fingerprint density at radius 1 is 1.40 bits per heavy atom. The van der Waals surface area contributed by atoms with Crippen LogP contribution >= 0.6 is 0 Å². The Morgan fingerprint density at radius 2 is 2.15 bits per heavy atom. The number of hydrogen-bond acceptors (Lipinski definition) is 3. The van der Waals surface area contributed by atoms with E-state index in [1.54, 1.807) is 7.11 Å². The molecular formula is C16H24N2O2. The minimum atomic E-state index is 0.279. The fourth-order valence-electron chi connectivity index (χ4n) is 2.53. The van der Waals surface area contributed by atoms with E-state index in [4.69, 9.17) is 4.74 Å². The van der Waals surface area contributed by atoms with E-state index in [0.717, 1.165) is 38.3 Å². The number of carbonyl (C=O) groups excluding carboxylic acids is 1. The summed E-state index contributed by atoms with van der Waals surface area (Å²) < 4.78 is 5.24. The van der Waals surface area contributed by atoms with Gasteiger partial charge in [0.05, 0.1) is 7.11 Å². The molecule has 4 nitrogen and oxygen atoms in total. The number of benzene rings is 1. The average Bonchev–Trinajstić information content (AvgIpc) is 2.53. The number of hydrogen-bond donors (Lipinski definition) is 1. The van der Waals surface area contributed by atoms with Crippen LogP contribution in [0.4, 0.5) is 0 Å². The molecule has 1 saturated heterocycles. The molecule has 20 heavy (non-hydrogen) atoms. The van der Waals surface area contributed by atoms with E-state index in [1.165, 1.54) is 5.56 Å². The zero-order chi connectivity index (χ0) is 14.4. The van der Waals surface area contributed by atoms with Gasteiger partial charge in [0.15, 0.2) is 0 Å². The zero-order valence-corrected chi connectivity index (χ0v) is 12.4. The van der Waals surface area contributed by atoms with Gasteiger partial charge in [0.2, 0.25) is 5.91 Å². The molecule has 1 aliphatic rings. The minimum Gasteiger partial charge on any atom is -0.497 e. The van der Waals surface area contributed by atoms with E-state index >= 15 is 0 Å². The summed E-state index contributed by atoms with van der Waals surface area (Å²) in [5.74, 6) is 1.53. The Hall–Kier alpha value is -1.55. The van der Waals surface area contributed by atoms with Crippen LogP contribution in [0, 0.1) is 0 Å². The largest absolute Gasteiger partial charge is 0.497 e. The molecule has 1 unspecified atom stereocenters. The molecule has 0 bridgehead atoms. The summed E-state index contributed by atoms with van der Waals surface area (Å²) in [5.41, 5.74) is 1.23. The van der Waals surface area contributed by atoms with Crippen LogP contribution in [-0.4, -0.2) is 44.1 Å². The molecule has 0 radical (unpaired) electrons. The van der Waals surface area contributed by atoms with Crippen molar-refractivity contribution < 1.29 is 9.53 Å². The zero-order valence-electron chi connectivity index (χ0n) is 12.4. The summed E-state index contributed by atoms with van der Waals surface area (Å²) in [7, 11) is 1.68. The van der Waals surface area contributed by atoms with Crippen molar-refractivity contribution in [2.45, 2.75) is 25.7 Å². The summed E-state index contributed by atoms with van der Waals surface area (Å²) in [6.07, 6.45) is 1.51. The Bertz CT molecular complexity index is 442. The molecule has 1 atom stereocenters. The molecule has 1 amide bonds. The van der Waals surface area contributed by atoms with Crippen LogP contribution in [0.25, 0.3) is 0 Å². The van der Waals surface area contributed by atoms with Gasteiger partial charge in [-0.05, 0) is 30.0 Å². The SMILES string of the molecule is COc1cccc(C(C)CCC(=O)N2CCNCC2)c1. The second-order valence-electron chi connectivity index (χ2n) is 5.35. The molecule has 0 aliphatic carbocycles. The monoisotopic (exact) mass is 276 g/mol. The first kappa shape index (κ1) is 14.9. The summed E-state index contributed by atoms with van der Waals surface area (Å²) in [4.78, 5) is 14.1. The lowest BCUT2D eigenvalue weighted by molar-refractivity contribution is -0.131. The van der Waals surface area contributed by atoms with Crippen molar-refractivity contribution in [2.24, 2.45) is 0 Å². The van der Waals surface area contributed by atoms with Crippen LogP contribution < -0.4 is 10.1 Å². The van der Waals surface area contributed by atoms with Crippen molar-refractivity contribution in [1.82, 2.24) is 10.2 Å². The van der Waals surface area contributed by atoms with E-state index in [9.17, 15) is 4.79 Å². The van der Waals surface area contributed by atoms with E-state index in [2.05, 4.69) is 24.4 Å². The molecule has 0 spiro atoms. The highest BCUT2D eigenvalue weighted by atomic mass is 16.5. The third-order valence-corrected chi connectivity index (χ3v) is 3.92. The number of piperazine rings is 1. The van der Waals surface area contributed by atoms with Crippen LogP contribution in [0.5, 0.6) is 5.75 Å². The number of ether oxygens (including phenoxy) is 1. The van der Waals surface area contributed by atoms with E-state index in [1.807, 2.05) is 17.0 Å². The van der Waals surface area contributed by atoms with Gasteiger partial charge in [0.1, 0.15) is 5.75 Å². The molecule has 1 aromatic rings. The Labute approximate surface area is 121 Å². The fourth-order valence-corrected chi connectivity index (χ4v) is 2.53. The number of rotatable bonds is 5. The first-order chi connectivity index (χ1) is 9.70. The van der Waals surface area contributed by atoms with Crippen molar-refractivity contribution in [3.63, 3.8) is 0 Å². The maximum atomic E-state index is 12.1. The van der Waals surface area contributed by atoms with Crippen molar-refractivity contribution in [3.05, 3.63) is 29.8 Å². The molecule has 1 aromatic carbocycles. The van der Waals surface area contributed by atoms with E-state index in [0.29, 0.717) is 12.3 Å². The topological polar surface area (TPSA) is 41.6 Å². The first-order valence-electron chi connectivity index (χ1n) is 7.33. The van der Waals surface area contributed by atoms with Gasteiger partial charge in [0.25, 0.3) is 0 Å². The first-order valence-corrected chi connectivity index (χ1v) is 7.33. The Morgan fingerprint density at radius 3 is 2.85 bits per heavy atom. The van der Waals surface area contributed by atoms with Crippen LogP contribution in [-0.2, 0) is 4.79 Å². The van der Waals surface area contributed by atoms with Crippen LogP contribution in [0.15, 0.2) is 24.3 Å². The third kappa shape index (κ3) is 3.97. The smallest absolute Gasteiger partial charge is 0.222 e. The highest BCUT2D eigenvalue weighted by Gasteiger charge is 2.17. The predicted molar refractivity (Wildman–Crippen MR) is 80.1 cm³/mol. The standard InChI is InChI=1S/C16H24N2O2/c1-13(14-4-3-5-15(12-14)20-2)6-7-16(19)18-10-8-17-9-11-18/h3-5,12-13,17H,6-11H2,1-2H3. The number of methoxy groups -OCH3 is 1. The van der Waals surface area contributed by atoms with Gasteiger partial charge < -0.3 is 15.0 Å². The Kier molecular flexibility index (Phi) is 5.41. The van der Waals surface area contributed by atoms with Crippen molar-refractivity contribution in [3.8, 4) is 5.75 Å². The van der Waals surface area contributed by atoms with Gasteiger partial charge in [-0.2, -0.15) is 0 Å². The number of nitrogens with zero attached hydrogens (tertiary/aromatic N) is 1. The highest BCUT2D eigenvalue weighted by Crippen LogP contribution is 2.24. The molecule has 1 aliphatic heterocycles. The van der Waals surface area contributed by atoms with Gasteiger partial charge in [-0.1, -0.05) is 19.1 Å². The second kappa shape index (κ2) is 7.29. The molecule has 2 rings (SSSR count). The molecule has 0 saturated carbocycles. The number of nitrogens with one attached hydrogen (secondary N) is 1. The molecule has 0 aromatic heterocycles. The van der Waals surface area contributed by atoms with Crippen molar-refractivity contribution in [1.29, 1.82) is 0 Å². The highest BCUT2D eigenvalue weighted by molar-refractivity contribution is 5.76. The minimum absolute atomic E-state index is 0.279. The van der Waals surface area contributed by atoms with Gasteiger partial charge in [-0.25, -0.2) is 0 Å². The summed E-state index contributed by atoms with van der Waals surface area (Å²) in [5, 5.41) is 3.27. The molecule has 4 heteroatoms. The van der Waals surface area contributed by atoms with Gasteiger partial charge in [-0.3, -0.25) is 4.79 Å². The fraction of sp³-hybridized carbons (Fsp3) is 0.562. The van der Waals surface area contributed by atoms with Gasteiger partial charge in [0, 0.05) is 32.6 Å². The van der Waals surface area contributed by atoms with Crippen molar-refractivity contribution >= 4 is 5.91 Å². The molecule has 1 N–H and O–H groups in total. The Balaban J connectivity index is 1.84. The predicted octanol–water partition coefficient (Wildman–Crippen LogP) is 2.01. The quantitative estimate of drug-likeness (QED) is 0.894. The second-order valence-corrected chi connectivity index (χ2v) is 5.35. The van der Waals surface area contributed by atoms with Gasteiger partial charge in [-0.15, -0.1) is 0 Å². The summed E-state index contributed by atoms with van der Waals surface area (Å²) >= 11 is 0. The molecular weight excluding hydrogens is 252 g/mol.